The van der Waals surface area contributed by atoms with Crippen molar-refractivity contribution in [2.24, 2.45) is 0 Å². The van der Waals surface area contributed by atoms with Crippen LogP contribution in [0.2, 0.25) is 0 Å². The maximum atomic E-state index is 13.4. The first-order chi connectivity index (χ1) is 19.0. The summed E-state index contributed by atoms with van der Waals surface area (Å²) in [6.07, 6.45) is 6.67. The van der Waals surface area contributed by atoms with Crippen molar-refractivity contribution < 1.29 is 19.2 Å². The summed E-state index contributed by atoms with van der Waals surface area (Å²) in [7, 11) is 0. The van der Waals surface area contributed by atoms with E-state index >= 15 is 0 Å². The van der Waals surface area contributed by atoms with Gasteiger partial charge in [0.2, 0.25) is 5.91 Å². The van der Waals surface area contributed by atoms with Gasteiger partial charge in [-0.3, -0.25) is 19.2 Å². The van der Waals surface area contributed by atoms with E-state index in [9.17, 15) is 19.2 Å². The Kier molecular flexibility index (Phi) is 7.72. The molecule has 0 unspecified atom stereocenters. The molecule has 0 aromatic heterocycles. The van der Waals surface area contributed by atoms with Gasteiger partial charge in [-0.15, -0.1) is 0 Å². The minimum absolute atomic E-state index is 0.0282. The predicted molar refractivity (Wildman–Crippen MR) is 149 cm³/mol. The molecule has 2 fully saturated rings. The number of likely N-dealkylation sites (tertiary alicyclic amines) is 1. The van der Waals surface area contributed by atoms with E-state index in [-0.39, 0.29) is 24.9 Å². The first-order valence-electron chi connectivity index (χ1n) is 13.4. The molecule has 0 radical (unpaired) electrons. The van der Waals surface area contributed by atoms with E-state index in [2.05, 4.69) is 40.2 Å². The molecule has 8 nitrogen and oxygen atoms in total. The fourth-order valence-electron chi connectivity index (χ4n) is 5.10. The minimum atomic E-state index is -0.807. The van der Waals surface area contributed by atoms with Crippen molar-refractivity contribution in [1.29, 1.82) is 0 Å². The van der Waals surface area contributed by atoms with Gasteiger partial charge in [0.1, 0.15) is 0 Å². The molecular weight excluding hydrogens is 492 g/mol. The van der Waals surface area contributed by atoms with Crippen LogP contribution >= 0.6 is 0 Å². The Balaban J connectivity index is 1.17. The Hall–Kier alpha value is -4.46. The van der Waals surface area contributed by atoms with Crippen LogP contribution in [0.25, 0.3) is 10.8 Å². The van der Waals surface area contributed by atoms with Gasteiger partial charge in [0.15, 0.2) is 0 Å². The molecule has 0 bridgehead atoms. The number of carbonyl (C=O) groups excluding carboxylic acids is 4. The third-order valence-corrected chi connectivity index (χ3v) is 7.37. The number of benzene rings is 3. The molecule has 39 heavy (non-hydrogen) atoms. The van der Waals surface area contributed by atoms with Crippen molar-refractivity contribution in [2.75, 3.05) is 19.6 Å². The Morgan fingerprint density at radius 3 is 2.31 bits per heavy atom. The molecule has 4 amide bonds. The SMILES string of the molecule is O=C(NC/C=C/C(=O)N1CCCC1)C(=O)NCc1ccccc1C(=O)NC1(c2cccc3ccccc23)CC1. The van der Waals surface area contributed by atoms with E-state index in [1.54, 1.807) is 29.2 Å². The molecule has 3 N–H and O–H groups in total. The van der Waals surface area contributed by atoms with Crippen LogP contribution in [-0.4, -0.2) is 48.2 Å². The number of carbonyl (C=O) groups is 4. The van der Waals surface area contributed by atoms with Crippen molar-refractivity contribution in [3.05, 3.63) is 95.6 Å². The summed E-state index contributed by atoms with van der Waals surface area (Å²) in [4.78, 5) is 51.7. The van der Waals surface area contributed by atoms with E-state index < -0.39 is 17.4 Å². The van der Waals surface area contributed by atoms with Gasteiger partial charge in [-0.2, -0.15) is 0 Å². The summed E-state index contributed by atoms with van der Waals surface area (Å²) in [5.74, 6) is -1.92. The molecule has 3 aromatic rings. The lowest BCUT2D eigenvalue weighted by Crippen LogP contribution is -2.40. The topological polar surface area (TPSA) is 108 Å². The lowest BCUT2D eigenvalue weighted by molar-refractivity contribution is -0.139. The van der Waals surface area contributed by atoms with Crippen LogP contribution in [0.5, 0.6) is 0 Å². The van der Waals surface area contributed by atoms with Crippen molar-refractivity contribution >= 4 is 34.4 Å². The number of rotatable bonds is 8. The molecule has 1 aliphatic carbocycles. The minimum Gasteiger partial charge on any atom is -0.344 e. The number of nitrogens with zero attached hydrogens (tertiary/aromatic N) is 1. The van der Waals surface area contributed by atoms with Crippen molar-refractivity contribution in [2.45, 2.75) is 37.8 Å². The number of fused-ring (bicyclic) bond motifs is 1. The van der Waals surface area contributed by atoms with Gasteiger partial charge in [0, 0.05) is 37.8 Å². The average Bonchev–Trinajstić information content (AvgIpc) is 3.52. The largest absolute Gasteiger partial charge is 0.344 e. The van der Waals surface area contributed by atoms with Crippen molar-refractivity contribution in [3.8, 4) is 0 Å². The molecular formula is C31H32N4O4. The number of amides is 4. The maximum absolute atomic E-state index is 13.4. The van der Waals surface area contributed by atoms with E-state index in [1.807, 2.05) is 18.2 Å². The second-order valence-electron chi connectivity index (χ2n) is 10.0. The van der Waals surface area contributed by atoms with Crippen LogP contribution in [-0.2, 0) is 26.5 Å². The van der Waals surface area contributed by atoms with Gasteiger partial charge in [0.25, 0.3) is 5.91 Å². The smallest absolute Gasteiger partial charge is 0.309 e. The monoisotopic (exact) mass is 524 g/mol. The van der Waals surface area contributed by atoms with Crippen LogP contribution < -0.4 is 16.0 Å². The molecule has 1 heterocycles. The summed E-state index contributed by atoms with van der Waals surface area (Å²) >= 11 is 0. The Morgan fingerprint density at radius 1 is 0.821 bits per heavy atom. The fourth-order valence-corrected chi connectivity index (χ4v) is 5.10. The molecule has 1 aliphatic heterocycles. The fraction of sp³-hybridized carbons (Fsp3) is 0.290. The van der Waals surface area contributed by atoms with E-state index in [4.69, 9.17) is 0 Å². The molecule has 200 valence electrons. The van der Waals surface area contributed by atoms with Gasteiger partial charge in [-0.05, 0) is 53.6 Å². The zero-order valence-corrected chi connectivity index (χ0v) is 21.7. The van der Waals surface area contributed by atoms with Crippen LogP contribution in [0, 0.1) is 0 Å². The Bertz CT molecular complexity index is 1430. The molecule has 1 saturated carbocycles. The normalized spacial score (nSPS) is 15.7. The lowest BCUT2D eigenvalue weighted by atomic mass is 9.96. The third-order valence-electron chi connectivity index (χ3n) is 7.37. The van der Waals surface area contributed by atoms with Gasteiger partial charge in [-0.25, -0.2) is 0 Å². The maximum Gasteiger partial charge on any atom is 0.309 e. The van der Waals surface area contributed by atoms with Gasteiger partial charge >= 0.3 is 11.8 Å². The van der Waals surface area contributed by atoms with Gasteiger partial charge in [0.05, 0.1) is 5.54 Å². The van der Waals surface area contributed by atoms with Crippen LogP contribution in [0.3, 0.4) is 0 Å². The Labute approximate surface area is 227 Å². The molecule has 8 heteroatoms. The predicted octanol–water partition coefficient (Wildman–Crippen LogP) is 3.17. The first kappa shape index (κ1) is 26.2. The molecule has 1 saturated heterocycles. The molecule has 5 rings (SSSR count). The zero-order chi connectivity index (χ0) is 27.2. The average molecular weight is 525 g/mol. The summed E-state index contributed by atoms with van der Waals surface area (Å²) in [5, 5.41) is 10.6. The van der Waals surface area contributed by atoms with E-state index in [0.29, 0.717) is 11.1 Å². The highest BCUT2D eigenvalue weighted by atomic mass is 16.2. The standard InChI is InChI=1S/C31H32N4O4/c36-27(35-19-5-6-20-35)15-8-18-32-29(38)30(39)33-21-23-10-2-4-13-25(23)28(37)34-31(16-17-31)26-14-7-11-22-9-1-3-12-24(22)26/h1-4,7-15H,5-6,16-21H2,(H,32,38)(H,33,39)(H,34,37)/b15-8+. The Morgan fingerprint density at radius 2 is 1.51 bits per heavy atom. The number of nitrogens with one attached hydrogen (secondary N) is 3. The lowest BCUT2D eigenvalue weighted by Gasteiger charge is -2.21. The highest BCUT2D eigenvalue weighted by Crippen LogP contribution is 2.48. The third kappa shape index (κ3) is 6.00. The molecule has 0 atom stereocenters. The summed E-state index contributed by atoms with van der Waals surface area (Å²) in [6, 6.07) is 21.3. The zero-order valence-electron chi connectivity index (χ0n) is 21.7. The number of hydrogen-bond acceptors (Lipinski definition) is 4. The highest BCUT2D eigenvalue weighted by Gasteiger charge is 2.46. The second kappa shape index (κ2) is 11.5. The van der Waals surface area contributed by atoms with Crippen LogP contribution in [0.15, 0.2) is 78.9 Å². The summed E-state index contributed by atoms with van der Waals surface area (Å²) in [5.41, 5.74) is 1.75. The van der Waals surface area contributed by atoms with Crippen LogP contribution in [0.4, 0.5) is 0 Å². The van der Waals surface area contributed by atoms with Crippen molar-refractivity contribution in [1.82, 2.24) is 20.9 Å². The first-order valence-corrected chi connectivity index (χ1v) is 13.4. The van der Waals surface area contributed by atoms with Gasteiger partial charge in [-0.1, -0.05) is 66.7 Å². The van der Waals surface area contributed by atoms with E-state index in [0.717, 1.165) is 55.1 Å². The summed E-state index contributed by atoms with van der Waals surface area (Å²) in [6.45, 7) is 1.60. The molecule has 0 spiro atoms. The van der Waals surface area contributed by atoms with Crippen molar-refractivity contribution in [3.63, 3.8) is 0 Å². The van der Waals surface area contributed by atoms with E-state index in [1.165, 1.54) is 12.2 Å². The van der Waals surface area contributed by atoms with Gasteiger partial charge < -0.3 is 20.9 Å². The second-order valence-corrected chi connectivity index (χ2v) is 10.0. The molecule has 2 aliphatic rings. The quantitative estimate of drug-likeness (QED) is 0.311. The molecule has 3 aromatic carbocycles. The highest BCUT2D eigenvalue weighted by molar-refractivity contribution is 6.35. The number of hydrogen-bond donors (Lipinski definition) is 3. The van der Waals surface area contributed by atoms with Crippen LogP contribution in [0.1, 0.15) is 47.2 Å². The summed E-state index contributed by atoms with van der Waals surface area (Å²) < 4.78 is 0.